The van der Waals surface area contributed by atoms with E-state index in [0.717, 1.165) is 42.4 Å². The van der Waals surface area contributed by atoms with Crippen molar-refractivity contribution in [2.45, 2.75) is 96.5 Å². The summed E-state index contributed by atoms with van der Waals surface area (Å²) in [6.07, 6.45) is 6.64. The van der Waals surface area contributed by atoms with E-state index >= 15 is 0 Å². The van der Waals surface area contributed by atoms with Crippen LogP contribution in [-0.2, 0) is 9.53 Å². The molecule has 1 amide bonds. The third kappa shape index (κ3) is 5.83. The van der Waals surface area contributed by atoms with Crippen LogP contribution in [-0.4, -0.2) is 29.7 Å². The van der Waals surface area contributed by atoms with E-state index in [1.807, 2.05) is 20.8 Å². The van der Waals surface area contributed by atoms with Crippen LogP contribution in [0.1, 0.15) is 108 Å². The van der Waals surface area contributed by atoms with Crippen LogP contribution in [0.4, 0.5) is 4.79 Å². The summed E-state index contributed by atoms with van der Waals surface area (Å²) in [6.45, 7) is 10.4. The summed E-state index contributed by atoms with van der Waals surface area (Å²) < 4.78 is 11.2. The SMILES string of the molecule is CC(C)CC1CC(c2onc([C@H](CC=O)CNC(=O)OC(C)(C)C)c2C2CC2)C1. The molecule has 1 heterocycles. The van der Waals surface area contributed by atoms with Crippen LogP contribution < -0.4 is 5.32 Å². The number of hydrogen-bond acceptors (Lipinski definition) is 5. The Morgan fingerprint density at radius 3 is 2.52 bits per heavy atom. The number of carbonyl (C=O) groups is 2. The molecule has 1 aromatic rings. The molecular weight excluding hydrogens is 368 g/mol. The van der Waals surface area contributed by atoms with Crippen molar-refractivity contribution >= 4 is 12.4 Å². The summed E-state index contributed by atoms with van der Waals surface area (Å²) >= 11 is 0. The molecule has 0 aliphatic heterocycles. The Kier molecular flexibility index (Phi) is 6.69. The normalized spacial score (nSPS) is 22.8. The molecule has 2 fully saturated rings. The minimum atomic E-state index is -0.554. The minimum absolute atomic E-state index is 0.181. The summed E-state index contributed by atoms with van der Waals surface area (Å²) in [6, 6.07) is 0. The molecule has 1 aromatic heterocycles. The van der Waals surface area contributed by atoms with Crippen LogP contribution in [0.2, 0.25) is 0 Å². The molecule has 1 atom stereocenters. The van der Waals surface area contributed by atoms with Crippen LogP contribution in [0.3, 0.4) is 0 Å². The number of alkyl carbamates (subject to hydrolysis) is 1. The fourth-order valence-corrected chi connectivity index (χ4v) is 4.43. The van der Waals surface area contributed by atoms with E-state index in [2.05, 4.69) is 24.3 Å². The molecule has 2 saturated carbocycles. The van der Waals surface area contributed by atoms with Crippen molar-refractivity contribution in [2.24, 2.45) is 11.8 Å². The molecule has 0 unspecified atom stereocenters. The van der Waals surface area contributed by atoms with Crippen molar-refractivity contribution in [2.75, 3.05) is 6.54 Å². The summed E-state index contributed by atoms with van der Waals surface area (Å²) in [5.41, 5.74) is 1.52. The van der Waals surface area contributed by atoms with Gasteiger partial charge in [0.05, 0.1) is 5.69 Å². The van der Waals surface area contributed by atoms with Crippen LogP contribution in [0.25, 0.3) is 0 Å². The lowest BCUT2D eigenvalue weighted by Crippen LogP contribution is -2.35. The quantitative estimate of drug-likeness (QED) is 0.566. The summed E-state index contributed by atoms with van der Waals surface area (Å²) in [4.78, 5) is 23.4. The Balaban J connectivity index is 1.70. The monoisotopic (exact) mass is 404 g/mol. The minimum Gasteiger partial charge on any atom is -0.444 e. The number of nitrogens with one attached hydrogen (secondary N) is 1. The molecule has 1 N–H and O–H groups in total. The van der Waals surface area contributed by atoms with Crippen LogP contribution in [0, 0.1) is 11.8 Å². The highest BCUT2D eigenvalue weighted by atomic mass is 16.6. The first kappa shape index (κ1) is 21.8. The number of rotatable bonds is 9. The first-order chi connectivity index (χ1) is 13.7. The lowest BCUT2D eigenvalue weighted by molar-refractivity contribution is -0.108. The van der Waals surface area contributed by atoms with Gasteiger partial charge in [0, 0.05) is 30.4 Å². The Morgan fingerprint density at radius 1 is 1.28 bits per heavy atom. The first-order valence-corrected chi connectivity index (χ1v) is 11.1. The zero-order chi connectivity index (χ0) is 21.2. The van der Waals surface area contributed by atoms with Gasteiger partial charge in [-0.15, -0.1) is 0 Å². The molecular formula is C23H36N2O4. The smallest absolute Gasteiger partial charge is 0.407 e. The van der Waals surface area contributed by atoms with Gasteiger partial charge in [0.2, 0.25) is 0 Å². The molecule has 2 aliphatic carbocycles. The van der Waals surface area contributed by atoms with E-state index in [1.165, 1.54) is 24.8 Å². The highest BCUT2D eigenvalue weighted by molar-refractivity contribution is 5.68. The van der Waals surface area contributed by atoms with Crippen molar-refractivity contribution in [3.8, 4) is 0 Å². The molecule has 6 nitrogen and oxygen atoms in total. The third-order valence-electron chi connectivity index (χ3n) is 5.84. The van der Waals surface area contributed by atoms with Gasteiger partial charge in [0.15, 0.2) is 0 Å². The number of ether oxygens (including phenoxy) is 1. The van der Waals surface area contributed by atoms with Gasteiger partial charge in [-0.25, -0.2) is 4.79 Å². The molecule has 162 valence electrons. The van der Waals surface area contributed by atoms with Gasteiger partial charge in [-0.05, 0) is 70.6 Å². The summed E-state index contributed by atoms with van der Waals surface area (Å²) in [5.74, 6) is 3.30. The summed E-state index contributed by atoms with van der Waals surface area (Å²) in [5, 5.41) is 7.21. The highest BCUT2D eigenvalue weighted by Gasteiger charge is 2.41. The Hall–Kier alpha value is -1.85. The molecule has 3 rings (SSSR count). The molecule has 0 aromatic carbocycles. The number of aromatic nitrogens is 1. The lowest BCUT2D eigenvalue weighted by Gasteiger charge is -2.35. The second-order valence-corrected chi connectivity index (χ2v) is 10.3. The average molecular weight is 405 g/mol. The molecule has 0 spiro atoms. The van der Waals surface area contributed by atoms with E-state index < -0.39 is 11.7 Å². The largest absolute Gasteiger partial charge is 0.444 e. The van der Waals surface area contributed by atoms with Gasteiger partial charge >= 0.3 is 6.09 Å². The predicted molar refractivity (Wildman–Crippen MR) is 111 cm³/mol. The zero-order valence-corrected chi connectivity index (χ0v) is 18.5. The maximum absolute atomic E-state index is 12.1. The van der Waals surface area contributed by atoms with E-state index in [-0.39, 0.29) is 5.92 Å². The number of hydrogen-bond donors (Lipinski definition) is 1. The van der Waals surface area contributed by atoms with Crippen molar-refractivity contribution in [3.05, 3.63) is 17.0 Å². The first-order valence-electron chi connectivity index (χ1n) is 11.1. The molecule has 0 radical (unpaired) electrons. The van der Waals surface area contributed by atoms with E-state index in [0.29, 0.717) is 24.8 Å². The third-order valence-corrected chi connectivity index (χ3v) is 5.84. The van der Waals surface area contributed by atoms with Crippen LogP contribution in [0.5, 0.6) is 0 Å². The molecule has 0 saturated heterocycles. The predicted octanol–water partition coefficient (Wildman–Crippen LogP) is 5.29. The summed E-state index contributed by atoms with van der Waals surface area (Å²) in [7, 11) is 0. The average Bonchev–Trinajstić information content (AvgIpc) is 3.32. The maximum Gasteiger partial charge on any atom is 0.407 e. The Bertz CT molecular complexity index is 709. The maximum atomic E-state index is 12.1. The standard InChI is InChI=1S/C23H36N2O4/c1-14(2)10-15-11-18(12-15)21-19(16-6-7-16)20(25-29-21)17(8-9-26)13-24-22(27)28-23(3,4)5/h9,14-18H,6-8,10-13H2,1-5H3,(H,24,27)/t15?,17-,18?/m1/s1. The van der Waals surface area contributed by atoms with Crippen molar-refractivity contribution in [1.29, 1.82) is 0 Å². The van der Waals surface area contributed by atoms with Gasteiger partial charge in [-0.1, -0.05) is 19.0 Å². The van der Waals surface area contributed by atoms with Gasteiger partial charge < -0.3 is 19.4 Å². The Labute approximate surface area is 174 Å². The van der Waals surface area contributed by atoms with Crippen molar-refractivity contribution < 1.29 is 18.8 Å². The lowest BCUT2D eigenvalue weighted by atomic mass is 9.69. The fraction of sp³-hybridized carbons (Fsp3) is 0.783. The molecule has 6 heteroatoms. The number of nitrogens with zero attached hydrogens (tertiary/aromatic N) is 1. The second-order valence-electron chi connectivity index (χ2n) is 10.3. The van der Waals surface area contributed by atoms with Gasteiger partial charge in [-0.2, -0.15) is 0 Å². The van der Waals surface area contributed by atoms with E-state index in [1.54, 1.807) is 0 Å². The van der Waals surface area contributed by atoms with E-state index in [4.69, 9.17) is 9.26 Å². The highest BCUT2D eigenvalue weighted by Crippen LogP contribution is 2.52. The second kappa shape index (κ2) is 8.88. The van der Waals surface area contributed by atoms with Gasteiger partial charge in [0.25, 0.3) is 0 Å². The Morgan fingerprint density at radius 2 is 1.97 bits per heavy atom. The van der Waals surface area contributed by atoms with Gasteiger partial charge in [0.1, 0.15) is 17.6 Å². The van der Waals surface area contributed by atoms with Crippen LogP contribution >= 0.6 is 0 Å². The molecule has 2 aliphatic rings. The number of aldehydes is 1. The van der Waals surface area contributed by atoms with Crippen LogP contribution in [0.15, 0.2) is 4.52 Å². The molecule has 0 bridgehead atoms. The molecule has 29 heavy (non-hydrogen) atoms. The topological polar surface area (TPSA) is 81.4 Å². The van der Waals surface area contributed by atoms with Crippen molar-refractivity contribution in [3.63, 3.8) is 0 Å². The number of carbonyl (C=O) groups excluding carboxylic acids is 2. The fourth-order valence-electron chi connectivity index (χ4n) is 4.43. The zero-order valence-electron chi connectivity index (χ0n) is 18.5. The van der Waals surface area contributed by atoms with Crippen molar-refractivity contribution in [1.82, 2.24) is 10.5 Å². The van der Waals surface area contributed by atoms with Gasteiger partial charge in [-0.3, -0.25) is 0 Å². The number of amides is 1. The van der Waals surface area contributed by atoms with E-state index in [9.17, 15) is 9.59 Å².